The zero-order valence-electron chi connectivity index (χ0n) is 14.0. The fourth-order valence-electron chi connectivity index (χ4n) is 2.47. The Kier molecular flexibility index (Phi) is 4.50. The third kappa shape index (κ3) is 3.24. The molecule has 2 amide bonds. The monoisotopic (exact) mass is 328 g/mol. The Morgan fingerprint density at radius 1 is 1.33 bits per heavy atom. The van der Waals surface area contributed by atoms with Crippen LogP contribution in [0, 0.1) is 6.92 Å². The molecule has 1 N–H and O–H groups in total. The largest absolute Gasteiger partial charge is 0.459 e. The average Bonchev–Trinajstić information content (AvgIpc) is 3.18. The Hall–Kier alpha value is -2.83. The molecule has 7 nitrogen and oxygen atoms in total. The van der Waals surface area contributed by atoms with Gasteiger partial charge in [-0.15, -0.1) is 0 Å². The van der Waals surface area contributed by atoms with Gasteiger partial charge in [0.2, 0.25) is 5.89 Å². The SMILES string of the molecule is CCc1noc(CN(CC)C(=O)Nc2cccc3cc(C)oc23)n1. The number of amides is 2. The molecular weight excluding hydrogens is 308 g/mol. The minimum Gasteiger partial charge on any atom is -0.459 e. The van der Waals surface area contributed by atoms with E-state index in [4.69, 9.17) is 8.94 Å². The van der Waals surface area contributed by atoms with E-state index in [2.05, 4.69) is 15.5 Å². The number of hydrogen-bond donors (Lipinski definition) is 1. The molecule has 24 heavy (non-hydrogen) atoms. The van der Waals surface area contributed by atoms with Gasteiger partial charge in [-0.1, -0.05) is 24.2 Å². The van der Waals surface area contributed by atoms with Crippen LogP contribution in [0.25, 0.3) is 11.0 Å². The van der Waals surface area contributed by atoms with Crippen molar-refractivity contribution in [1.82, 2.24) is 15.0 Å². The minimum absolute atomic E-state index is 0.240. The summed E-state index contributed by atoms with van der Waals surface area (Å²) < 4.78 is 10.8. The molecule has 0 atom stereocenters. The highest BCUT2D eigenvalue weighted by Crippen LogP contribution is 2.26. The number of para-hydroxylation sites is 1. The number of carbonyl (C=O) groups is 1. The number of rotatable bonds is 5. The maximum absolute atomic E-state index is 12.6. The Bertz CT molecular complexity index is 853. The highest BCUT2D eigenvalue weighted by atomic mass is 16.5. The van der Waals surface area contributed by atoms with Crippen molar-refractivity contribution in [3.63, 3.8) is 0 Å². The van der Waals surface area contributed by atoms with E-state index >= 15 is 0 Å². The summed E-state index contributed by atoms with van der Waals surface area (Å²) in [6.45, 7) is 6.51. The van der Waals surface area contributed by atoms with E-state index in [1.165, 1.54) is 0 Å². The number of fused-ring (bicyclic) bond motifs is 1. The smallest absolute Gasteiger partial charge is 0.322 e. The first-order valence-corrected chi connectivity index (χ1v) is 7.97. The molecule has 1 aromatic carbocycles. The Morgan fingerprint density at radius 3 is 2.88 bits per heavy atom. The zero-order valence-corrected chi connectivity index (χ0v) is 14.0. The molecule has 7 heteroatoms. The van der Waals surface area contributed by atoms with Gasteiger partial charge in [0.15, 0.2) is 11.4 Å². The number of hydrogen-bond acceptors (Lipinski definition) is 5. The topological polar surface area (TPSA) is 84.4 Å². The second-order valence-electron chi connectivity index (χ2n) is 5.48. The highest BCUT2D eigenvalue weighted by molar-refractivity contribution is 5.99. The van der Waals surface area contributed by atoms with Gasteiger partial charge in [0.1, 0.15) is 12.3 Å². The summed E-state index contributed by atoms with van der Waals surface area (Å²) in [5.41, 5.74) is 1.31. The molecule has 126 valence electrons. The number of carbonyl (C=O) groups excluding carboxylic acids is 1. The number of benzene rings is 1. The van der Waals surface area contributed by atoms with Crippen molar-refractivity contribution in [2.24, 2.45) is 0 Å². The normalized spacial score (nSPS) is 11.0. The van der Waals surface area contributed by atoms with Crippen LogP contribution in [0.1, 0.15) is 31.3 Å². The first-order chi connectivity index (χ1) is 11.6. The van der Waals surface area contributed by atoms with Gasteiger partial charge in [-0.3, -0.25) is 0 Å². The van der Waals surface area contributed by atoms with Crippen molar-refractivity contribution in [3.8, 4) is 0 Å². The molecule has 0 aliphatic heterocycles. The van der Waals surface area contributed by atoms with Crippen LogP contribution in [-0.2, 0) is 13.0 Å². The number of urea groups is 1. The van der Waals surface area contributed by atoms with E-state index in [1.807, 2.05) is 45.0 Å². The van der Waals surface area contributed by atoms with Crippen molar-refractivity contribution in [2.45, 2.75) is 33.7 Å². The second-order valence-corrected chi connectivity index (χ2v) is 5.48. The van der Waals surface area contributed by atoms with Crippen molar-refractivity contribution in [1.29, 1.82) is 0 Å². The van der Waals surface area contributed by atoms with E-state index in [9.17, 15) is 4.79 Å². The van der Waals surface area contributed by atoms with Crippen LogP contribution in [0.4, 0.5) is 10.5 Å². The molecule has 0 radical (unpaired) electrons. The molecule has 0 saturated heterocycles. The van der Waals surface area contributed by atoms with E-state index in [-0.39, 0.29) is 12.6 Å². The summed E-state index contributed by atoms with van der Waals surface area (Å²) in [6, 6.07) is 7.35. The number of nitrogens with one attached hydrogen (secondary N) is 1. The molecule has 3 aromatic rings. The second kappa shape index (κ2) is 6.74. The predicted molar refractivity (Wildman–Crippen MR) is 89.7 cm³/mol. The third-order valence-electron chi connectivity index (χ3n) is 3.73. The molecular formula is C17H20N4O3. The first-order valence-electron chi connectivity index (χ1n) is 7.97. The fourth-order valence-corrected chi connectivity index (χ4v) is 2.47. The van der Waals surface area contributed by atoms with E-state index in [0.29, 0.717) is 36.0 Å². The molecule has 2 heterocycles. The van der Waals surface area contributed by atoms with Gasteiger partial charge in [-0.2, -0.15) is 4.98 Å². The molecule has 3 rings (SSSR count). The minimum atomic E-state index is -0.240. The van der Waals surface area contributed by atoms with Crippen molar-refractivity contribution in [2.75, 3.05) is 11.9 Å². The lowest BCUT2D eigenvalue weighted by molar-refractivity contribution is 0.203. The Morgan fingerprint density at radius 2 is 2.17 bits per heavy atom. The average molecular weight is 328 g/mol. The van der Waals surface area contributed by atoms with Gasteiger partial charge in [0.05, 0.1) is 5.69 Å². The van der Waals surface area contributed by atoms with Crippen LogP contribution in [0.2, 0.25) is 0 Å². The Labute approximate surface area is 139 Å². The third-order valence-corrected chi connectivity index (χ3v) is 3.73. The summed E-state index contributed by atoms with van der Waals surface area (Å²) >= 11 is 0. The number of nitrogens with zero attached hydrogens (tertiary/aromatic N) is 3. The molecule has 0 aliphatic rings. The lowest BCUT2D eigenvalue weighted by Gasteiger charge is -2.19. The van der Waals surface area contributed by atoms with Crippen LogP contribution < -0.4 is 5.32 Å². The number of furan rings is 1. The molecule has 0 bridgehead atoms. The van der Waals surface area contributed by atoms with Crippen molar-refractivity contribution < 1.29 is 13.7 Å². The van der Waals surface area contributed by atoms with Gasteiger partial charge >= 0.3 is 6.03 Å². The van der Waals surface area contributed by atoms with Crippen LogP contribution in [0.5, 0.6) is 0 Å². The lowest BCUT2D eigenvalue weighted by Crippen LogP contribution is -2.34. The Balaban J connectivity index is 1.76. The summed E-state index contributed by atoms with van der Waals surface area (Å²) in [6.07, 6.45) is 0.696. The molecule has 2 aromatic heterocycles. The summed E-state index contributed by atoms with van der Waals surface area (Å²) in [5, 5.41) is 7.70. The van der Waals surface area contributed by atoms with Crippen molar-refractivity contribution in [3.05, 3.63) is 41.7 Å². The maximum atomic E-state index is 12.6. The fraction of sp³-hybridized carbons (Fsp3) is 0.353. The van der Waals surface area contributed by atoms with Gasteiger partial charge in [0.25, 0.3) is 0 Å². The first kappa shape index (κ1) is 16.0. The van der Waals surface area contributed by atoms with Gasteiger partial charge in [-0.05, 0) is 26.0 Å². The van der Waals surface area contributed by atoms with Crippen molar-refractivity contribution >= 4 is 22.7 Å². The van der Waals surface area contributed by atoms with Gasteiger partial charge in [0, 0.05) is 18.4 Å². The summed E-state index contributed by atoms with van der Waals surface area (Å²) in [7, 11) is 0. The molecule has 0 spiro atoms. The summed E-state index contributed by atoms with van der Waals surface area (Å²) in [5.74, 6) is 1.87. The van der Waals surface area contributed by atoms with Gasteiger partial charge in [-0.25, -0.2) is 4.79 Å². The van der Waals surface area contributed by atoms with Gasteiger partial charge < -0.3 is 19.2 Å². The van der Waals surface area contributed by atoms with E-state index < -0.39 is 0 Å². The van der Waals surface area contributed by atoms with Crippen LogP contribution >= 0.6 is 0 Å². The number of anilines is 1. The lowest BCUT2D eigenvalue weighted by atomic mass is 10.2. The molecule has 0 aliphatic carbocycles. The van der Waals surface area contributed by atoms with Crippen LogP contribution in [-0.4, -0.2) is 27.6 Å². The zero-order chi connectivity index (χ0) is 17.1. The van der Waals surface area contributed by atoms with Crippen LogP contribution in [0.3, 0.4) is 0 Å². The summed E-state index contributed by atoms with van der Waals surface area (Å²) in [4.78, 5) is 18.4. The highest BCUT2D eigenvalue weighted by Gasteiger charge is 2.17. The van der Waals surface area contributed by atoms with E-state index in [0.717, 1.165) is 11.1 Å². The van der Waals surface area contributed by atoms with E-state index in [1.54, 1.807) is 4.90 Å². The molecule has 0 unspecified atom stereocenters. The van der Waals surface area contributed by atoms with Crippen LogP contribution in [0.15, 0.2) is 33.2 Å². The number of aryl methyl sites for hydroxylation is 2. The maximum Gasteiger partial charge on any atom is 0.322 e. The predicted octanol–water partition coefficient (Wildman–Crippen LogP) is 3.74. The number of aromatic nitrogens is 2. The quantitative estimate of drug-likeness (QED) is 0.771. The molecule has 0 saturated carbocycles. The standard InChI is InChI=1S/C17H20N4O3/c1-4-14-19-15(24-20-14)10-21(5-2)17(22)18-13-8-6-7-12-9-11(3)23-16(12)13/h6-9H,4-5,10H2,1-3H3,(H,18,22). The molecule has 0 fully saturated rings.